The summed E-state index contributed by atoms with van der Waals surface area (Å²) >= 11 is 5.73. The number of nitro groups is 1. The summed E-state index contributed by atoms with van der Waals surface area (Å²) in [6, 6.07) is 10.7. The molecule has 0 atom stereocenters. The molecule has 0 aliphatic carbocycles. The molecule has 2 rings (SSSR count). The van der Waals surface area contributed by atoms with E-state index in [4.69, 9.17) is 21.1 Å². The van der Waals surface area contributed by atoms with Gasteiger partial charge in [-0.2, -0.15) is 0 Å². The quantitative estimate of drug-likeness (QED) is 0.450. The molecule has 0 spiro atoms. The molecule has 0 fully saturated rings. The van der Waals surface area contributed by atoms with Crippen molar-refractivity contribution in [3.63, 3.8) is 0 Å². The fourth-order valence-corrected chi connectivity index (χ4v) is 2.07. The molecule has 9 heteroatoms. The molecule has 0 heterocycles. The Morgan fingerprint density at radius 2 is 1.85 bits per heavy atom. The minimum absolute atomic E-state index is 0.115. The van der Waals surface area contributed by atoms with Crippen molar-refractivity contribution >= 4 is 34.9 Å². The van der Waals surface area contributed by atoms with E-state index in [-0.39, 0.29) is 18.0 Å². The van der Waals surface area contributed by atoms with Crippen LogP contribution in [0.25, 0.3) is 0 Å². The number of rotatable bonds is 7. The van der Waals surface area contributed by atoms with Crippen molar-refractivity contribution in [2.75, 3.05) is 18.5 Å². The van der Waals surface area contributed by atoms with Crippen molar-refractivity contribution in [1.82, 2.24) is 0 Å². The number of halogens is 1. The van der Waals surface area contributed by atoms with E-state index in [1.807, 2.05) is 0 Å². The molecule has 1 amide bonds. The van der Waals surface area contributed by atoms with Gasteiger partial charge in [0.05, 0.1) is 4.92 Å². The lowest BCUT2D eigenvalue weighted by atomic mass is 10.2. The lowest BCUT2D eigenvalue weighted by Gasteiger charge is -2.08. The highest BCUT2D eigenvalue weighted by Gasteiger charge is 2.13. The van der Waals surface area contributed by atoms with E-state index in [1.165, 1.54) is 18.2 Å². The van der Waals surface area contributed by atoms with Gasteiger partial charge in [0.25, 0.3) is 11.6 Å². The average Bonchev–Trinajstić information content (AvgIpc) is 2.61. The first kappa shape index (κ1) is 19.2. The number of hydrogen-bond donors (Lipinski definition) is 1. The summed E-state index contributed by atoms with van der Waals surface area (Å²) in [7, 11) is 0. The average molecular weight is 379 g/mol. The smallest absolute Gasteiger partial charge is 0.344 e. The number of nitrogens with one attached hydrogen (secondary N) is 1. The summed E-state index contributed by atoms with van der Waals surface area (Å²) in [5.74, 6) is -0.921. The van der Waals surface area contributed by atoms with Crippen molar-refractivity contribution in [1.29, 1.82) is 0 Å². The van der Waals surface area contributed by atoms with Crippen LogP contribution in [0.4, 0.5) is 11.4 Å². The minimum atomic E-state index is -0.731. The fraction of sp³-hybridized carbons (Fsp3) is 0.176. The Bertz CT molecular complexity index is 823. The number of nitro benzene ring substituents is 1. The molecule has 8 nitrogen and oxygen atoms in total. The molecule has 26 heavy (non-hydrogen) atoms. The maximum Gasteiger partial charge on any atom is 0.344 e. The van der Waals surface area contributed by atoms with Gasteiger partial charge in [-0.15, -0.1) is 0 Å². The van der Waals surface area contributed by atoms with Crippen LogP contribution in [0.2, 0.25) is 5.02 Å². The van der Waals surface area contributed by atoms with E-state index < -0.39 is 23.4 Å². The molecule has 0 radical (unpaired) electrons. The fourth-order valence-electron chi connectivity index (χ4n) is 1.94. The zero-order valence-electron chi connectivity index (χ0n) is 13.7. The number of aryl methyl sites for hydroxylation is 1. The molecule has 1 N–H and O–H groups in total. The van der Waals surface area contributed by atoms with Gasteiger partial charge >= 0.3 is 5.97 Å². The summed E-state index contributed by atoms with van der Waals surface area (Å²) in [4.78, 5) is 33.7. The first-order chi connectivity index (χ1) is 12.3. The lowest BCUT2D eigenvalue weighted by Crippen LogP contribution is -2.23. The van der Waals surface area contributed by atoms with Gasteiger partial charge in [-0.1, -0.05) is 17.7 Å². The Balaban J connectivity index is 1.79. The molecule has 0 saturated carbocycles. The summed E-state index contributed by atoms with van der Waals surface area (Å²) in [5.41, 5.74) is 0.593. The third-order valence-corrected chi connectivity index (χ3v) is 3.48. The number of benzene rings is 2. The summed E-state index contributed by atoms with van der Waals surface area (Å²) in [6.45, 7) is 0.682. The van der Waals surface area contributed by atoms with Crippen LogP contribution in [0.1, 0.15) is 5.56 Å². The van der Waals surface area contributed by atoms with Crippen molar-refractivity contribution in [3.05, 3.63) is 63.2 Å². The summed E-state index contributed by atoms with van der Waals surface area (Å²) in [5, 5.41) is 13.8. The van der Waals surface area contributed by atoms with Gasteiger partial charge in [0.15, 0.2) is 13.2 Å². The van der Waals surface area contributed by atoms with E-state index in [2.05, 4.69) is 5.32 Å². The van der Waals surface area contributed by atoms with Crippen LogP contribution in [0.15, 0.2) is 42.5 Å². The van der Waals surface area contributed by atoms with E-state index >= 15 is 0 Å². The second-order valence-electron chi connectivity index (χ2n) is 5.21. The molecule has 2 aromatic carbocycles. The molecular formula is C17H15ClN2O6. The Labute approximate surface area is 153 Å². The molecule has 0 bridgehead atoms. The van der Waals surface area contributed by atoms with Crippen LogP contribution in [0, 0.1) is 17.0 Å². The number of carbonyl (C=O) groups is 2. The van der Waals surface area contributed by atoms with E-state index in [1.54, 1.807) is 31.2 Å². The highest BCUT2D eigenvalue weighted by Crippen LogP contribution is 2.22. The molecule has 0 aliphatic rings. The Morgan fingerprint density at radius 3 is 2.50 bits per heavy atom. The summed E-state index contributed by atoms with van der Waals surface area (Å²) in [6.07, 6.45) is 0. The predicted molar refractivity (Wildman–Crippen MR) is 94.4 cm³/mol. The van der Waals surface area contributed by atoms with E-state index in [9.17, 15) is 19.7 Å². The molecular weight excluding hydrogens is 364 g/mol. The van der Waals surface area contributed by atoms with Gasteiger partial charge in [0.1, 0.15) is 5.75 Å². The Kier molecular flexibility index (Phi) is 6.51. The molecule has 0 aromatic heterocycles. The van der Waals surface area contributed by atoms with Crippen LogP contribution >= 0.6 is 11.6 Å². The molecule has 0 saturated heterocycles. The standard InChI is InChI=1S/C17H15ClN2O6/c1-11-2-5-13(8-15(11)20(23)24)19-16(21)9-26-17(22)10-25-14-6-3-12(18)4-7-14/h2-8H,9-10H2,1H3,(H,19,21). The number of esters is 1. The van der Waals surface area contributed by atoms with Crippen LogP contribution in [-0.2, 0) is 14.3 Å². The normalized spacial score (nSPS) is 10.1. The first-order valence-electron chi connectivity index (χ1n) is 7.44. The van der Waals surface area contributed by atoms with Gasteiger partial charge in [0, 0.05) is 22.3 Å². The van der Waals surface area contributed by atoms with E-state index in [0.717, 1.165) is 0 Å². The number of amides is 1. The highest BCUT2D eigenvalue weighted by molar-refractivity contribution is 6.30. The van der Waals surface area contributed by atoms with Gasteiger partial charge in [-0.05, 0) is 37.3 Å². The van der Waals surface area contributed by atoms with Gasteiger partial charge in [0.2, 0.25) is 0 Å². The second-order valence-corrected chi connectivity index (χ2v) is 5.65. The van der Waals surface area contributed by atoms with Crippen molar-refractivity contribution < 1.29 is 24.0 Å². The lowest BCUT2D eigenvalue weighted by molar-refractivity contribution is -0.385. The number of carbonyl (C=O) groups excluding carboxylic acids is 2. The predicted octanol–water partition coefficient (Wildman–Crippen LogP) is 3.12. The minimum Gasteiger partial charge on any atom is -0.482 e. The topological polar surface area (TPSA) is 108 Å². The SMILES string of the molecule is Cc1ccc(NC(=O)COC(=O)COc2ccc(Cl)cc2)cc1[N+](=O)[O-]. The van der Waals surface area contributed by atoms with Crippen molar-refractivity contribution in [2.24, 2.45) is 0 Å². The highest BCUT2D eigenvalue weighted by atomic mass is 35.5. The molecule has 0 aliphatic heterocycles. The number of nitrogens with zero attached hydrogens (tertiary/aromatic N) is 1. The largest absolute Gasteiger partial charge is 0.482 e. The Hall–Kier alpha value is -3.13. The molecule has 136 valence electrons. The third-order valence-electron chi connectivity index (χ3n) is 3.22. The number of anilines is 1. The van der Waals surface area contributed by atoms with Crippen LogP contribution in [0.5, 0.6) is 5.75 Å². The monoisotopic (exact) mass is 378 g/mol. The van der Waals surface area contributed by atoms with Crippen LogP contribution in [-0.4, -0.2) is 30.0 Å². The van der Waals surface area contributed by atoms with Crippen molar-refractivity contribution in [2.45, 2.75) is 6.92 Å². The number of hydrogen-bond acceptors (Lipinski definition) is 6. The zero-order valence-corrected chi connectivity index (χ0v) is 14.5. The third kappa shape index (κ3) is 5.75. The van der Waals surface area contributed by atoms with E-state index in [0.29, 0.717) is 16.3 Å². The van der Waals surface area contributed by atoms with Gasteiger partial charge in [-0.25, -0.2) is 4.79 Å². The Morgan fingerprint density at radius 1 is 1.15 bits per heavy atom. The summed E-state index contributed by atoms with van der Waals surface area (Å²) < 4.78 is 9.98. The maximum atomic E-state index is 11.8. The second kappa shape index (κ2) is 8.82. The zero-order chi connectivity index (χ0) is 19.1. The van der Waals surface area contributed by atoms with Gasteiger partial charge < -0.3 is 14.8 Å². The molecule has 0 unspecified atom stereocenters. The molecule has 2 aromatic rings. The van der Waals surface area contributed by atoms with Gasteiger partial charge in [-0.3, -0.25) is 14.9 Å². The maximum absolute atomic E-state index is 11.8. The first-order valence-corrected chi connectivity index (χ1v) is 7.82. The van der Waals surface area contributed by atoms with Crippen molar-refractivity contribution in [3.8, 4) is 5.75 Å². The van der Waals surface area contributed by atoms with Crippen LogP contribution < -0.4 is 10.1 Å². The van der Waals surface area contributed by atoms with Crippen LogP contribution in [0.3, 0.4) is 0 Å². The number of ether oxygens (including phenoxy) is 2.